The molecule has 1 aromatic carbocycles. The average Bonchev–Trinajstić information content (AvgIpc) is 3.07. The standard InChI is InChI=1S/C15H15N5S/c1-16-13-7-14(17-8-12-9-21-10-18-12)20-15(19-13)11-5-3-2-4-6-11/h2-7,9-10H,8H2,1H3,(H2,16,17,19,20). The Morgan fingerprint density at radius 2 is 1.90 bits per heavy atom. The minimum atomic E-state index is 0.651. The average molecular weight is 297 g/mol. The lowest BCUT2D eigenvalue weighted by molar-refractivity contribution is 1.04. The van der Waals surface area contributed by atoms with Crippen LogP contribution in [-0.4, -0.2) is 22.0 Å². The number of rotatable bonds is 5. The van der Waals surface area contributed by atoms with Crippen LogP contribution in [0, 0.1) is 0 Å². The highest BCUT2D eigenvalue weighted by Gasteiger charge is 2.06. The second-order valence-corrected chi connectivity index (χ2v) is 5.13. The van der Waals surface area contributed by atoms with E-state index in [1.807, 2.05) is 54.3 Å². The first-order valence-corrected chi connectivity index (χ1v) is 7.52. The summed E-state index contributed by atoms with van der Waals surface area (Å²) < 4.78 is 0. The Kier molecular flexibility index (Phi) is 4.07. The van der Waals surface area contributed by atoms with E-state index >= 15 is 0 Å². The number of hydrogen-bond acceptors (Lipinski definition) is 6. The van der Waals surface area contributed by atoms with Crippen molar-refractivity contribution < 1.29 is 0 Å². The molecule has 21 heavy (non-hydrogen) atoms. The van der Waals surface area contributed by atoms with Gasteiger partial charge < -0.3 is 10.6 Å². The van der Waals surface area contributed by atoms with E-state index in [9.17, 15) is 0 Å². The smallest absolute Gasteiger partial charge is 0.163 e. The van der Waals surface area contributed by atoms with Gasteiger partial charge >= 0.3 is 0 Å². The van der Waals surface area contributed by atoms with Crippen molar-refractivity contribution in [1.29, 1.82) is 0 Å². The van der Waals surface area contributed by atoms with Gasteiger partial charge in [0.05, 0.1) is 17.7 Å². The third-order valence-electron chi connectivity index (χ3n) is 2.95. The molecule has 2 N–H and O–H groups in total. The molecule has 6 heteroatoms. The zero-order valence-electron chi connectivity index (χ0n) is 11.6. The van der Waals surface area contributed by atoms with Gasteiger partial charge in [0.25, 0.3) is 0 Å². The summed E-state index contributed by atoms with van der Waals surface area (Å²) in [6, 6.07) is 11.8. The van der Waals surface area contributed by atoms with Crippen LogP contribution in [-0.2, 0) is 6.54 Å². The van der Waals surface area contributed by atoms with E-state index in [0.29, 0.717) is 12.4 Å². The maximum absolute atomic E-state index is 4.56. The third kappa shape index (κ3) is 3.35. The second kappa shape index (κ2) is 6.32. The monoisotopic (exact) mass is 297 g/mol. The topological polar surface area (TPSA) is 62.7 Å². The van der Waals surface area contributed by atoms with Crippen LogP contribution in [0.5, 0.6) is 0 Å². The Balaban J connectivity index is 1.86. The summed E-state index contributed by atoms with van der Waals surface area (Å²) in [5, 5.41) is 8.37. The summed E-state index contributed by atoms with van der Waals surface area (Å²) in [4.78, 5) is 13.3. The molecule has 0 atom stereocenters. The van der Waals surface area contributed by atoms with Gasteiger partial charge in [0.2, 0.25) is 0 Å². The van der Waals surface area contributed by atoms with Gasteiger partial charge in [-0.25, -0.2) is 15.0 Å². The molecule has 0 saturated heterocycles. The van der Waals surface area contributed by atoms with Gasteiger partial charge in [-0.1, -0.05) is 30.3 Å². The highest BCUT2D eigenvalue weighted by atomic mass is 32.1. The summed E-state index contributed by atoms with van der Waals surface area (Å²) in [6.45, 7) is 0.651. The van der Waals surface area contributed by atoms with Crippen molar-refractivity contribution >= 4 is 23.0 Å². The van der Waals surface area contributed by atoms with E-state index in [4.69, 9.17) is 0 Å². The number of nitrogens with zero attached hydrogens (tertiary/aromatic N) is 3. The van der Waals surface area contributed by atoms with E-state index in [1.165, 1.54) is 0 Å². The minimum Gasteiger partial charge on any atom is -0.373 e. The fourth-order valence-electron chi connectivity index (χ4n) is 1.89. The molecule has 0 aliphatic rings. The Labute approximate surface area is 127 Å². The quantitative estimate of drug-likeness (QED) is 0.757. The van der Waals surface area contributed by atoms with E-state index in [0.717, 1.165) is 22.9 Å². The summed E-state index contributed by atoms with van der Waals surface area (Å²) in [7, 11) is 1.85. The number of anilines is 2. The zero-order chi connectivity index (χ0) is 14.5. The van der Waals surface area contributed by atoms with Crippen LogP contribution >= 0.6 is 11.3 Å². The predicted octanol–water partition coefficient (Wildman–Crippen LogP) is 3.25. The van der Waals surface area contributed by atoms with E-state index in [2.05, 4.69) is 25.6 Å². The number of hydrogen-bond donors (Lipinski definition) is 2. The van der Waals surface area contributed by atoms with Gasteiger partial charge in [0, 0.05) is 24.1 Å². The lowest BCUT2D eigenvalue weighted by atomic mass is 10.2. The van der Waals surface area contributed by atoms with Crippen LogP contribution in [0.25, 0.3) is 11.4 Å². The van der Waals surface area contributed by atoms with Gasteiger partial charge in [0.1, 0.15) is 11.6 Å². The molecular formula is C15H15N5S. The van der Waals surface area contributed by atoms with E-state index < -0.39 is 0 Å². The molecule has 0 bridgehead atoms. The van der Waals surface area contributed by atoms with Crippen molar-refractivity contribution in [2.24, 2.45) is 0 Å². The second-order valence-electron chi connectivity index (χ2n) is 4.41. The van der Waals surface area contributed by atoms with Crippen molar-refractivity contribution in [2.75, 3.05) is 17.7 Å². The molecule has 3 aromatic rings. The Bertz CT molecular complexity index is 697. The summed E-state index contributed by atoms with van der Waals surface area (Å²) in [5.41, 5.74) is 3.82. The first-order chi connectivity index (χ1) is 10.3. The number of benzene rings is 1. The Morgan fingerprint density at radius 3 is 2.62 bits per heavy atom. The number of thiazole rings is 1. The van der Waals surface area contributed by atoms with Crippen LogP contribution < -0.4 is 10.6 Å². The van der Waals surface area contributed by atoms with Crippen LogP contribution in [0.4, 0.5) is 11.6 Å². The number of nitrogens with one attached hydrogen (secondary N) is 2. The summed E-state index contributed by atoms with van der Waals surface area (Å²) in [5.74, 6) is 2.26. The van der Waals surface area contributed by atoms with Gasteiger partial charge in [-0.15, -0.1) is 11.3 Å². The highest BCUT2D eigenvalue weighted by molar-refractivity contribution is 7.07. The van der Waals surface area contributed by atoms with Crippen molar-refractivity contribution in [1.82, 2.24) is 15.0 Å². The molecule has 3 rings (SSSR count). The molecule has 0 unspecified atom stereocenters. The number of aromatic nitrogens is 3. The lowest BCUT2D eigenvalue weighted by Crippen LogP contribution is -2.05. The Morgan fingerprint density at radius 1 is 1.10 bits per heavy atom. The van der Waals surface area contributed by atoms with Gasteiger partial charge in [-0.05, 0) is 0 Å². The van der Waals surface area contributed by atoms with Gasteiger partial charge in [-0.3, -0.25) is 0 Å². The highest BCUT2D eigenvalue weighted by Crippen LogP contribution is 2.20. The summed E-state index contributed by atoms with van der Waals surface area (Å²) >= 11 is 1.59. The first kappa shape index (κ1) is 13.5. The molecule has 5 nitrogen and oxygen atoms in total. The third-order valence-corrected chi connectivity index (χ3v) is 3.58. The SMILES string of the molecule is CNc1cc(NCc2cscn2)nc(-c2ccccc2)n1. The van der Waals surface area contributed by atoms with Crippen LogP contribution in [0.2, 0.25) is 0 Å². The predicted molar refractivity (Wildman–Crippen MR) is 86.5 cm³/mol. The molecule has 2 aromatic heterocycles. The zero-order valence-corrected chi connectivity index (χ0v) is 12.4. The van der Waals surface area contributed by atoms with Gasteiger partial charge in [0.15, 0.2) is 5.82 Å². The molecule has 0 fully saturated rings. The molecule has 0 saturated carbocycles. The van der Waals surface area contributed by atoms with Crippen molar-refractivity contribution in [3.8, 4) is 11.4 Å². The van der Waals surface area contributed by atoms with Crippen molar-refractivity contribution in [3.63, 3.8) is 0 Å². The molecule has 0 aliphatic carbocycles. The molecular weight excluding hydrogens is 282 g/mol. The molecule has 2 heterocycles. The maximum atomic E-state index is 4.56. The largest absolute Gasteiger partial charge is 0.373 e. The van der Waals surface area contributed by atoms with Crippen molar-refractivity contribution in [3.05, 3.63) is 53.0 Å². The maximum Gasteiger partial charge on any atom is 0.163 e. The summed E-state index contributed by atoms with van der Waals surface area (Å²) in [6.07, 6.45) is 0. The van der Waals surface area contributed by atoms with Crippen LogP contribution in [0.15, 0.2) is 47.3 Å². The normalized spacial score (nSPS) is 10.3. The fourth-order valence-corrected chi connectivity index (χ4v) is 2.45. The van der Waals surface area contributed by atoms with Crippen LogP contribution in [0.3, 0.4) is 0 Å². The minimum absolute atomic E-state index is 0.651. The van der Waals surface area contributed by atoms with Crippen LogP contribution in [0.1, 0.15) is 5.69 Å². The molecule has 0 amide bonds. The first-order valence-electron chi connectivity index (χ1n) is 6.58. The van der Waals surface area contributed by atoms with E-state index in [-0.39, 0.29) is 0 Å². The molecule has 106 valence electrons. The molecule has 0 aliphatic heterocycles. The van der Waals surface area contributed by atoms with Crippen molar-refractivity contribution in [2.45, 2.75) is 6.54 Å². The molecule has 0 spiro atoms. The van der Waals surface area contributed by atoms with Gasteiger partial charge in [-0.2, -0.15) is 0 Å². The Hall–Kier alpha value is -2.47. The van der Waals surface area contributed by atoms with E-state index in [1.54, 1.807) is 11.3 Å². The fraction of sp³-hybridized carbons (Fsp3) is 0.133. The lowest BCUT2D eigenvalue weighted by Gasteiger charge is -2.09. The molecule has 0 radical (unpaired) electrons.